The van der Waals surface area contributed by atoms with Crippen molar-refractivity contribution in [2.45, 2.75) is 29.8 Å². The summed E-state index contributed by atoms with van der Waals surface area (Å²) in [4.78, 5) is 5.61. The fourth-order valence-corrected chi connectivity index (χ4v) is 2.49. The van der Waals surface area contributed by atoms with Crippen molar-refractivity contribution in [3.63, 3.8) is 0 Å². The van der Waals surface area contributed by atoms with Crippen LogP contribution in [0.1, 0.15) is 18.9 Å². The Hall–Kier alpha value is -1.03. The first kappa shape index (κ1) is 14.4. The van der Waals surface area contributed by atoms with Crippen molar-refractivity contribution < 1.29 is 0 Å². The minimum absolute atomic E-state index is 0.759. The molecule has 2 aromatic rings. The van der Waals surface area contributed by atoms with Crippen LogP contribution in [0.2, 0.25) is 5.02 Å². The summed E-state index contributed by atoms with van der Waals surface area (Å²) >= 11 is 7.51. The Morgan fingerprint density at radius 2 is 1.95 bits per heavy atom. The first-order chi connectivity index (χ1) is 9.28. The third kappa shape index (κ3) is 4.86. The van der Waals surface area contributed by atoms with Crippen LogP contribution in [0.15, 0.2) is 52.5 Å². The molecule has 0 fully saturated rings. The van der Waals surface area contributed by atoms with Gasteiger partial charge in [0.25, 0.3) is 0 Å². The van der Waals surface area contributed by atoms with E-state index in [-0.39, 0.29) is 0 Å². The Morgan fingerprint density at radius 1 is 1.16 bits per heavy atom. The molecule has 0 unspecified atom stereocenters. The summed E-state index contributed by atoms with van der Waals surface area (Å²) in [6.45, 7) is 4.09. The Bertz CT molecular complexity index is 497. The summed E-state index contributed by atoms with van der Waals surface area (Å²) in [5.41, 5.74) is 1.22. The number of hydrogen-bond donors (Lipinski definition) is 1. The van der Waals surface area contributed by atoms with Crippen LogP contribution >= 0.6 is 23.4 Å². The SMILES string of the molecule is CCCNCc1ccc(Sc2ccc(Cl)cc2)nc1. The van der Waals surface area contributed by atoms with Crippen LogP contribution in [0.25, 0.3) is 0 Å². The van der Waals surface area contributed by atoms with Gasteiger partial charge in [0.1, 0.15) is 5.03 Å². The van der Waals surface area contributed by atoms with E-state index < -0.39 is 0 Å². The Labute approximate surface area is 123 Å². The Balaban J connectivity index is 1.92. The zero-order valence-electron chi connectivity index (χ0n) is 10.9. The van der Waals surface area contributed by atoms with Crippen molar-refractivity contribution in [2.75, 3.05) is 6.54 Å². The second-order valence-electron chi connectivity index (χ2n) is 4.24. The maximum absolute atomic E-state index is 5.86. The molecule has 0 amide bonds. The van der Waals surface area contributed by atoms with E-state index in [2.05, 4.69) is 29.4 Å². The van der Waals surface area contributed by atoms with Crippen molar-refractivity contribution in [3.05, 3.63) is 53.2 Å². The van der Waals surface area contributed by atoms with Gasteiger partial charge in [-0.1, -0.05) is 36.4 Å². The van der Waals surface area contributed by atoms with Gasteiger partial charge in [-0.2, -0.15) is 0 Å². The first-order valence-corrected chi connectivity index (χ1v) is 7.56. The fraction of sp³-hybridized carbons (Fsp3) is 0.267. The zero-order chi connectivity index (χ0) is 13.5. The molecule has 0 atom stereocenters. The molecule has 4 heteroatoms. The molecule has 0 saturated carbocycles. The smallest absolute Gasteiger partial charge is 0.101 e. The van der Waals surface area contributed by atoms with Crippen LogP contribution in [-0.4, -0.2) is 11.5 Å². The minimum Gasteiger partial charge on any atom is -0.313 e. The van der Waals surface area contributed by atoms with E-state index in [0.717, 1.165) is 34.5 Å². The van der Waals surface area contributed by atoms with E-state index in [1.54, 1.807) is 11.8 Å². The van der Waals surface area contributed by atoms with Crippen LogP contribution in [-0.2, 0) is 6.54 Å². The number of halogens is 1. The molecule has 100 valence electrons. The molecule has 0 bridgehead atoms. The molecule has 0 aliphatic heterocycles. The van der Waals surface area contributed by atoms with Crippen molar-refractivity contribution >= 4 is 23.4 Å². The lowest BCUT2D eigenvalue weighted by Crippen LogP contribution is -2.13. The van der Waals surface area contributed by atoms with Crippen LogP contribution in [0, 0.1) is 0 Å². The molecule has 1 aromatic carbocycles. The number of benzene rings is 1. The molecule has 1 heterocycles. The van der Waals surface area contributed by atoms with E-state index in [1.807, 2.05) is 30.5 Å². The Morgan fingerprint density at radius 3 is 2.58 bits per heavy atom. The maximum Gasteiger partial charge on any atom is 0.101 e. The number of nitrogens with one attached hydrogen (secondary N) is 1. The average molecular weight is 293 g/mol. The standard InChI is InChI=1S/C15H17ClN2S/c1-2-9-17-10-12-3-8-15(18-11-12)19-14-6-4-13(16)5-7-14/h3-8,11,17H,2,9-10H2,1H3. The molecule has 1 aromatic heterocycles. The number of pyridine rings is 1. The molecule has 0 saturated heterocycles. The minimum atomic E-state index is 0.759. The lowest BCUT2D eigenvalue weighted by Gasteiger charge is -2.04. The molecule has 0 aliphatic carbocycles. The number of hydrogen-bond acceptors (Lipinski definition) is 3. The van der Waals surface area contributed by atoms with Gasteiger partial charge in [0.05, 0.1) is 0 Å². The monoisotopic (exact) mass is 292 g/mol. The lowest BCUT2D eigenvalue weighted by atomic mass is 10.3. The normalized spacial score (nSPS) is 10.6. The third-order valence-corrected chi connectivity index (χ3v) is 3.80. The summed E-state index contributed by atoms with van der Waals surface area (Å²) < 4.78 is 0. The molecule has 1 N–H and O–H groups in total. The first-order valence-electron chi connectivity index (χ1n) is 6.37. The topological polar surface area (TPSA) is 24.9 Å². The fourth-order valence-electron chi connectivity index (χ4n) is 1.61. The number of aromatic nitrogens is 1. The van der Waals surface area contributed by atoms with Gasteiger partial charge in [0.2, 0.25) is 0 Å². The van der Waals surface area contributed by atoms with Crippen molar-refractivity contribution in [1.82, 2.24) is 10.3 Å². The molecule has 2 nitrogen and oxygen atoms in total. The van der Waals surface area contributed by atoms with Gasteiger partial charge in [0, 0.05) is 22.7 Å². The highest BCUT2D eigenvalue weighted by Crippen LogP contribution is 2.26. The highest BCUT2D eigenvalue weighted by molar-refractivity contribution is 7.99. The van der Waals surface area contributed by atoms with Gasteiger partial charge in [-0.15, -0.1) is 0 Å². The lowest BCUT2D eigenvalue weighted by molar-refractivity contribution is 0.673. The van der Waals surface area contributed by atoms with E-state index in [9.17, 15) is 0 Å². The molecule has 0 aliphatic rings. The second-order valence-corrected chi connectivity index (χ2v) is 5.77. The van der Waals surface area contributed by atoms with E-state index in [1.165, 1.54) is 5.56 Å². The van der Waals surface area contributed by atoms with Gasteiger partial charge in [-0.3, -0.25) is 0 Å². The van der Waals surface area contributed by atoms with Crippen molar-refractivity contribution in [2.24, 2.45) is 0 Å². The summed E-state index contributed by atoms with van der Waals surface area (Å²) in [6.07, 6.45) is 3.08. The quantitative estimate of drug-likeness (QED) is 0.800. The number of nitrogens with zero attached hydrogens (tertiary/aromatic N) is 1. The Kier molecular flexibility index (Phi) is 5.70. The average Bonchev–Trinajstić information content (AvgIpc) is 2.44. The summed E-state index contributed by atoms with van der Waals surface area (Å²) in [5.74, 6) is 0. The van der Waals surface area contributed by atoms with Gasteiger partial charge in [-0.25, -0.2) is 4.98 Å². The highest BCUT2D eigenvalue weighted by atomic mass is 35.5. The van der Waals surface area contributed by atoms with Crippen LogP contribution in [0.3, 0.4) is 0 Å². The van der Waals surface area contributed by atoms with E-state index >= 15 is 0 Å². The molecule has 0 spiro atoms. The molecular formula is C15H17ClN2S. The molecular weight excluding hydrogens is 276 g/mol. The summed E-state index contributed by atoms with van der Waals surface area (Å²) in [5, 5.41) is 5.13. The van der Waals surface area contributed by atoms with Crippen LogP contribution in [0.4, 0.5) is 0 Å². The van der Waals surface area contributed by atoms with Gasteiger partial charge in [0.15, 0.2) is 0 Å². The van der Waals surface area contributed by atoms with Crippen molar-refractivity contribution in [3.8, 4) is 0 Å². The van der Waals surface area contributed by atoms with Crippen LogP contribution in [0.5, 0.6) is 0 Å². The second kappa shape index (κ2) is 7.53. The largest absolute Gasteiger partial charge is 0.313 e. The zero-order valence-corrected chi connectivity index (χ0v) is 12.5. The predicted octanol–water partition coefficient (Wildman–Crippen LogP) is 4.39. The molecule has 0 radical (unpaired) electrons. The van der Waals surface area contributed by atoms with Crippen molar-refractivity contribution in [1.29, 1.82) is 0 Å². The summed E-state index contributed by atoms with van der Waals surface area (Å²) in [7, 11) is 0. The molecule has 19 heavy (non-hydrogen) atoms. The number of rotatable bonds is 6. The van der Waals surface area contributed by atoms with E-state index in [0.29, 0.717) is 0 Å². The van der Waals surface area contributed by atoms with Gasteiger partial charge >= 0.3 is 0 Å². The highest BCUT2D eigenvalue weighted by Gasteiger charge is 1.99. The third-order valence-electron chi connectivity index (χ3n) is 2.59. The van der Waals surface area contributed by atoms with E-state index in [4.69, 9.17) is 11.6 Å². The molecule has 2 rings (SSSR count). The predicted molar refractivity (Wildman–Crippen MR) is 81.8 cm³/mol. The van der Waals surface area contributed by atoms with Gasteiger partial charge in [-0.05, 0) is 48.9 Å². The summed E-state index contributed by atoms with van der Waals surface area (Å²) in [6, 6.07) is 12.0. The maximum atomic E-state index is 5.86. The van der Waals surface area contributed by atoms with Crippen LogP contribution < -0.4 is 5.32 Å². The van der Waals surface area contributed by atoms with Gasteiger partial charge < -0.3 is 5.32 Å².